The molecule has 7 heteroatoms. The van der Waals surface area contributed by atoms with Crippen LogP contribution in [0.15, 0.2) is 5.38 Å². The molecule has 0 saturated carbocycles. The average molecular weight is 241 g/mol. The number of hydrogen-bond donors (Lipinski definition) is 2. The van der Waals surface area contributed by atoms with Gasteiger partial charge in [-0.05, 0) is 10.9 Å². The van der Waals surface area contributed by atoms with Gasteiger partial charge in [-0.15, -0.1) is 11.3 Å². The lowest BCUT2D eigenvalue weighted by Crippen LogP contribution is -2.27. The Morgan fingerprint density at radius 2 is 2.19 bits per heavy atom. The summed E-state index contributed by atoms with van der Waals surface area (Å²) in [6, 6.07) is 0. The molecule has 0 fully saturated rings. The van der Waals surface area contributed by atoms with E-state index in [4.69, 9.17) is 11.5 Å². The maximum Gasteiger partial charge on any atom is 0.263 e. The number of carbonyl (C=O) groups excluding carboxylic acids is 3. The Morgan fingerprint density at radius 1 is 1.56 bits per heavy atom. The maximum absolute atomic E-state index is 11.7. The lowest BCUT2D eigenvalue weighted by atomic mass is 10.1. The number of thiophene rings is 1. The molecule has 0 aliphatic heterocycles. The largest absolute Gasteiger partial charge is 0.390 e. The fraction of sp³-hybridized carbons (Fsp3) is 0.222. The Balaban J connectivity index is 3.10. The first kappa shape index (κ1) is 12.2. The van der Waals surface area contributed by atoms with E-state index in [0.29, 0.717) is 12.0 Å². The molecule has 0 spiro atoms. The summed E-state index contributed by atoms with van der Waals surface area (Å²) in [5.41, 5.74) is 11.3. The molecule has 0 aliphatic rings. The molecule has 86 valence electrons. The topological polar surface area (TPSA) is 106 Å². The van der Waals surface area contributed by atoms with Crippen LogP contribution in [0, 0.1) is 0 Å². The van der Waals surface area contributed by atoms with Crippen molar-refractivity contribution in [3.63, 3.8) is 0 Å². The number of rotatable bonds is 4. The molecule has 0 radical (unpaired) electrons. The van der Waals surface area contributed by atoms with Gasteiger partial charge in [0.15, 0.2) is 0 Å². The molecule has 6 nitrogen and oxygen atoms in total. The number of imide groups is 1. The van der Waals surface area contributed by atoms with Crippen molar-refractivity contribution < 1.29 is 14.4 Å². The van der Waals surface area contributed by atoms with Gasteiger partial charge in [0.1, 0.15) is 0 Å². The predicted octanol–water partition coefficient (Wildman–Crippen LogP) is -0.414. The molecule has 16 heavy (non-hydrogen) atoms. The molecule has 0 bridgehead atoms. The van der Waals surface area contributed by atoms with Gasteiger partial charge in [0.2, 0.25) is 12.3 Å². The zero-order chi connectivity index (χ0) is 12.3. The van der Waals surface area contributed by atoms with E-state index in [1.54, 1.807) is 5.38 Å². The number of anilines is 1. The zero-order valence-corrected chi connectivity index (χ0v) is 9.41. The molecule has 0 saturated heterocycles. The standard InChI is InChI=1S/C9H11N3O3S/c1-12(4-13)9(15)7-5(2-6(10)14)3-16-8(7)11/h3-4H,2,11H2,1H3,(H2,10,14). The van der Waals surface area contributed by atoms with E-state index >= 15 is 0 Å². The molecule has 3 amide bonds. The van der Waals surface area contributed by atoms with Crippen molar-refractivity contribution in [2.75, 3.05) is 12.8 Å². The maximum atomic E-state index is 11.7. The van der Waals surface area contributed by atoms with Crippen LogP contribution in [0.1, 0.15) is 15.9 Å². The third kappa shape index (κ3) is 2.37. The number of nitrogens with two attached hydrogens (primary N) is 2. The summed E-state index contributed by atoms with van der Waals surface area (Å²) in [4.78, 5) is 33.8. The van der Waals surface area contributed by atoms with E-state index in [1.807, 2.05) is 0 Å². The third-order valence-electron chi connectivity index (χ3n) is 1.95. The van der Waals surface area contributed by atoms with Crippen molar-refractivity contribution in [3.05, 3.63) is 16.5 Å². The molecule has 1 aromatic heterocycles. The molecule has 0 aromatic carbocycles. The van der Waals surface area contributed by atoms with Crippen LogP contribution in [0.4, 0.5) is 5.00 Å². The van der Waals surface area contributed by atoms with Crippen LogP contribution in [-0.2, 0) is 16.0 Å². The second kappa shape index (κ2) is 4.75. The van der Waals surface area contributed by atoms with E-state index < -0.39 is 11.8 Å². The highest BCUT2D eigenvalue weighted by Gasteiger charge is 2.21. The molecule has 4 N–H and O–H groups in total. The van der Waals surface area contributed by atoms with Gasteiger partial charge < -0.3 is 11.5 Å². The fourth-order valence-corrected chi connectivity index (χ4v) is 2.00. The quantitative estimate of drug-likeness (QED) is 0.698. The summed E-state index contributed by atoms with van der Waals surface area (Å²) < 4.78 is 0. The van der Waals surface area contributed by atoms with Crippen molar-refractivity contribution in [1.82, 2.24) is 4.90 Å². The molecule has 1 aromatic rings. The van der Waals surface area contributed by atoms with Gasteiger partial charge in [0.05, 0.1) is 17.0 Å². The minimum Gasteiger partial charge on any atom is -0.390 e. The lowest BCUT2D eigenvalue weighted by molar-refractivity contribution is -0.117. The average Bonchev–Trinajstić information content (AvgIpc) is 2.56. The van der Waals surface area contributed by atoms with Gasteiger partial charge in [-0.3, -0.25) is 19.3 Å². The van der Waals surface area contributed by atoms with E-state index in [-0.39, 0.29) is 17.0 Å². The molecule has 0 unspecified atom stereocenters. The summed E-state index contributed by atoms with van der Waals surface area (Å²) in [6.45, 7) is 0. The van der Waals surface area contributed by atoms with Crippen molar-refractivity contribution in [1.29, 1.82) is 0 Å². The third-order valence-corrected chi connectivity index (χ3v) is 2.81. The number of nitrogens with zero attached hydrogens (tertiary/aromatic N) is 1. The SMILES string of the molecule is CN(C=O)C(=O)c1c(CC(N)=O)csc1N. The minimum absolute atomic E-state index is 0.0680. The molecule has 1 rings (SSSR count). The number of primary amides is 1. The van der Waals surface area contributed by atoms with Crippen molar-refractivity contribution in [2.24, 2.45) is 5.73 Å². The van der Waals surface area contributed by atoms with Crippen LogP contribution < -0.4 is 11.5 Å². The zero-order valence-electron chi connectivity index (χ0n) is 8.60. The highest BCUT2D eigenvalue weighted by atomic mass is 32.1. The Morgan fingerprint density at radius 3 is 2.69 bits per heavy atom. The van der Waals surface area contributed by atoms with Crippen LogP contribution in [0.5, 0.6) is 0 Å². The van der Waals surface area contributed by atoms with Crippen LogP contribution >= 0.6 is 11.3 Å². The summed E-state index contributed by atoms with van der Waals surface area (Å²) >= 11 is 1.14. The van der Waals surface area contributed by atoms with Crippen LogP contribution in [0.3, 0.4) is 0 Å². The second-order valence-electron chi connectivity index (χ2n) is 3.16. The van der Waals surface area contributed by atoms with E-state index in [2.05, 4.69) is 0 Å². The van der Waals surface area contributed by atoms with Crippen LogP contribution in [0.25, 0.3) is 0 Å². The first-order chi connectivity index (χ1) is 7.47. The van der Waals surface area contributed by atoms with E-state index in [0.717, 1.165) is 16.2 Å². The van der Waals surface area contributed by atoms with E-state index in [9.17, 15) is 14.4 Å². The van der Waals surface area contributed by atoms with Crippen LogP contribution in [0.2, 0.25) is 0 Å². The van der Waals surface area contributed by atoms with Crippen molar-refractivity contribution in [3.8, 4) is 0 Å². The Labute approximate surface area is 95.8 Å². The summed E-state index contributed by atoms with van der Waals surface area (Å²) in [7, 11) is 1.32. The highest BCUT2D eigenvalue weighted by Crippen LogP contribution is 2.26. The van der Waals surface area contributed by atoms with Gasteiger partial charge in [0, 0.05) is 7.05 Å². The molecular weight excluding hydrogens is 230 g/mol. The molecule has 1 heterocycles. The lowest BCUT2D eigenvalue weighted by Gasteiger charge is -2.09. The fourth-order valence-electron chi connectivity index (χ4n) is 1.20. The van der Waals surface area contributed by atoms with Gasteiger partial charge in [-0.1, -0.05) is 0 Å². The Kier molecular flexibility index (Phi) is 3.62. The number of nitrogen functional groups attached to an aromatic ring is 1. The predicted molar refractivity (Wildman–Crippen MR) is 59.8 cm³/mol. The molecule has 0 aliphatic carbocycles. The normalized spacial score (nSPS) is 9.81. The minimum atomic E-state index is -0.555. The first-order valence-corrected chi connectivity index (χ1v) is 5.22. The number of hydrogen-bond acceptors (Lipinski definition) is 5. The Bertz CT molecular complexity index is 441. The molecular formula is C9H11N3O3S. The van der Waals surface area contributed by atoms with Gasteiger partial charge in [-0.25, -0.2) is 0 Å². The number of amides is 3. The van der Waals surface area contributed by atoms with E-state index in [1.165, 1.54) is 7.05 Å². The van der Waals surface area contributed by atoms with Gasteiger partial charge in [0.25, 0.3) is 5.91 Å². The van der Waals surface area contributed by atoms with Gasteiger partial charge >= 0.3 is 0 Å². The first-order valence-electron chi connectivity index (χ1n) is 4.34. The second-order valence-corrected chi connectivity index (χ2v) is 4.08. The smallest absolute Gasteiger partial charge is 0.263 e. The van der Waals surface area contributed by atoms with Crippen molar-refractivity contribution in [2.45, 2.75) is 6.42 Å². The summed E-state index contributed by atoms with van der Waals surface area (Å²) in [6.07, 6.45) is 0.314. The van der Waals surface area contributed by atoms with Gasteiger partial charge in [-0.2, -0.15) is 0 Å². The highest BCUT2D eigenvalue weighted by molar-refractivity contribution is 7.14. The van der Waals surface area contributed by atoms with Crippen LogP contribution in [-0.4, -0.2) is 30.2 Å². The monoisotopic (exact) mass is 241 g/mol. The van der Waals surface area contributed by atoms with Crippen molar-refractivity contribution >= 4 is 34.6 Å². The summed E-state index contributed by atoms with van der Waals surface area (Å²) in [5, 5.41) is 1.86. The summed E-state index contributed by atoms with van der Waals surface area (Å²) in [5.74, 6) is -1.09. The molecule has 0 atom stereocenters. The Hall–Kier alpha value is -1.89. The number of carbonyl (C=O) groups is 3.